The van der Waals surface area contributed by atoms with Gasteiger partial charge in [-0.05, 0) is 6.42 Å². The normalized spacial score (nSPS) is 32.1. The van der Waals surface area contributed by atoms with Crippen molar-refractivity contribution < 1.29 is 9.53 Å². The van der Waals surface area contributed by atoms with Crippen molar-refractivity contribution in [1.29, 1.82) is 5.26 Å². The van der Waals surface area contributed by atoms with Gasteiger partial charge in [0.2, 0.25) is 5.91 Å². The van der Waals surface area contributed by atoms with Crippen LogP contribution in [0.1, 0.15) is 12.8 Å². The van der Waals surface area contributed by atoms with Crippen LogP contribution >= 0.6 is 0 Å². The second-order valence-corrected chi connectivity index (χ2v) is 3.23. The summed E-state index contributed by atoms with van der Waals surface area (Å²) < 4.78 is 5.33. The number of morpholine rings is 1. The molecule has 2 heterocycles. The molecule has 2 atom stereocenters. The minimum absolute atomic E-state index is 0.00319. The molecular formula is C8H10N2O2. The fourth-order valence-electron chi connectivity index (χ4n) is 1.87. The quantitative estimate of drug-likeness (QED) is 0.546. The minimum Gasteiger partial charge on any atom is -0.374 e. The molecule has 2 saturated heterocycles. The number of fused-ring (bicyclic) bond motifs is 2. The van der Waals surface area contributed by atoms with Crippen molar-refractivity contribution in [2.75, 3.05) is 13.2 Å². The van der Waals surface area contributed by atoms with Crippen LogP contribution in [0.4, 0.5) is 0 Å². The maximum absolute atomic E-state index is 11.3. The third-order valence-electron chi connectivity index (χ3n) is 2.45. The lowest BCUT2D eigenvalue weighted by atomic mass is 10.2. The van der Waals surface area contributed by atoms with Gasteiger partial charge in [-0.25, -0.2) is 0 Å². The van der Waals surface area contributed by atoms with Crippen molar-refractivity contribution in [3.05, 3.63) is 0 Å². The van der Waals surface area contributed by atoms with Crippen LogP contribution in [0.25, 0.3) is 0 Å². The van der Waals surface area contributed by atoms with E-state index in [0.717, 1.165) is 6.42 Å². The highest BCUT2D eigenvalue weighted by Gasteiger charge is 2.40. The number of carbonyl (C=O) groups excluding carboxylic acids is 1. The van der Waals surface area contributed by atoms with E-state index in [0.29, 0.717) is 13.2 Å². The van der Waals surface area contributed by atoms with Crippen LogP contribution < -0.4 is 0 Å². The SMILES string of the molecule is N#CCC(=O)N1C[C@H]2C[C@H]1CO2. The van der Waals surface area contributed by atoms with E-state index in [9.17, 15) is 4.79 Å². The fourth-order valence-corrected chi connectivity index (χ4v) is 1.87. The lowest BCUT2D eigenvalue weighted by Gasteiger charge is -2.25. The Labute approximate surface area is 70.7 Å². The Kier molecular flexibility index (Phi) is 1.74. The molecule has 0 aromatic rings. The van der Waals surface area contributed by atoms with Gasteiger partial charge in [0.1, 0.15) is 6.42 Å². The molecule has 0 N–H and O–H groups in total. The van der Waals surface area contributed by atoms with E-state index < -0.39 is 0 Å². The van der Waals surface area contributed by atoms with Gasteiger partial charge in [-0.1, -0.05) is 0 Å². The molecule has 12 heavy (non-hydrogen) atoms. The van der Waals surface area contributed by atoms with Crippen LogP contribution in [0.3, 0.4) is 0 Å². The molecule has 0 unspecified atom stereocenters. The standard InChI is InChI=1S/C8H10N2O2/c9-2-1-8(11)10-4-7-3-6(10)5-12-7/h6-7H,1,3-5H2/t6-,7+/m0/s1. The van der Waals surface area contributed by atoms with E-state index in [1.807, 2.05) is 6.07 Å². The Morgan fingerprint density at radius 3 is 3.08 bits per heavy atom. The van der Waals surface area contributed by atoms with Gasteiger partial charge in [0.05, 0.1) is 24.8 Å². The highest BCUT2D eigenvalue weighted by Crippen LogP contribution is 2.27. The molecule has 0 aromatic heterocycles. The molecule has 0 spiro atoms. The summed E-state index contributed by atoms with van der Waals surface area (Å²) in [5.41, 5.74) is 0. The Morgan fingerprint density at radius 1 is 1.75 bits per heavy atom. The van der Waals surface area contributed by atoms with Crippen molar-refractivity contribution in [2.24, 2.45) is 0 Å². The van der Waals surface area contributed by atoms with Crippen LogP contribution in [0.5, 0.6) is 0 Å². The molecule has 2 aliphatic rings. The second-order valence-electron chi connectivity index (χ2n) is 3.23. The van der Waals surface area contributed by atoms with Crippen LogP contribution in [-0.2, 0) is 9.53 Å². The van der Waals surface area contributed by atoms with Crippen molar-refractivity contribution in [3.8, 4) is 6.07 Å². The Balaban J connectivity index is 1.99. The first kappa shape index (κ1) is 7.56. The summed E-state index contributed by atoms with van der Waals surface area (Å²) in [6.45, 7) is 1.34. The van der Waals surface area contributed by atoms with Gasteiger partial charge in [-0.2, -0.15) is 5.26 Å². The molecule has 0 aromatic carbocycles. The molecule has 2 rings (SSSR count). The highest BCUT2D eigenvalue weighted by atomic mass is 16.5. The molecule has 2 bridgehead atoms. The lowest BCUT2D eigenvalue weighted by molar-refractivity contribution is -0.134. The van der Waals surface area contributed by atoms with Crippen molar-refractivity contribution in [2.45, 2.75) is 25.0 Å². The summed E-state index contributed by atoms with van der Waals surface area (Å²) in [6.07, 6.45) is 1.19. The summed E-state index contributed by atoms with van der Waals surface area (Å²) in [5.74, 6) is -0.0479. The predicted octanol–water partition coefficient (Wildman–Crippen LogP) is -0.100. The van der Waals surface area contributed by atoms with Gasteiger partial charge in [-0.3, -0.25) is 4.79 Å². The van der Waals surface area contributed by atoms with Gasteiger partial charge >= 0.3 is 0 Å². The predicted molar refractivity (Wildman–Crippen MR) is 40.1 cm³/mol. The summed E-state index contributed by atoms with van der Waals surface area (Å²) >= 11 is 0. The molecule has 1 amide bonds. The first-order valence-corrected chi connectivity index (χ1v) is 4.09. The third kappa shape index (κ3) is 1.07. The molecule has 0 saturated carbocycles. The van der Waals surface area contributed by atoms with E-state index in [2.05, 4.69) is 0 Å². The van der Waals surface area contributed by atoms with Gasteiger partial charge in [0.25, 0.3) is 0 Å². The molecule has 4 nitrogen and oxygen atoms in total. The average molecular weight is 166 g/mol. The Bertz CT molecular complexity index is 246. The Hall–Kier alpha value is -1.08. The van der Waals surface area contributed by atoms with Crippen LogP contribution in [0, 0.1) is 11.3 Å². The number of hydrogen-bond acceptors (Lipinski definition) is 3. The largest absolute Gasteiger partial charge is 0.374 e. The summed E-state index contributed by atoms with van der Waals surface area (Å²) in [7, 11) is 0. The summed E-state index contributed by atoms with van der Waals surface area (Å²) in [5, 5.41) is 8.34. The van der Waals surface area contributed by atoms with E-state index >= 15 is 0 Å². The zero-order chi connectivity index (χ0) is 8.55. The van der Waals surface area contributed by atoms with Crippen molar-refractivity contribution in [3.63, 3.8) is 0 Å². The van der Waals surface area contributed by atoms with Crippen molar-refractivity contribution in [1.82, 2.24) is 4.90 Å². The van der Waals surface area contributed by atoms with E-state index in [1.54, 1.807) is 4.90 Å². The minimum atomic E-state index is -0.0479. The highest BCUT2D eigenvalue weighted by molar-refractivity contribution is 5.79. The monoisotopic (exact) mass is 166 g/mol. The molecule has 0 aliphatic carbocycles. The van der Waals surface area contributed by atoms with Crippen LogP contribution in [-0.4, -0.2) is 36.1 Å². The lowest BCUT2D eigenvalue weighted by Crippen LogP contribution is -2.41. The van der Waals surface area contributed by atoms with Crippen molar-refractivity contribution >= 4 is 5.91 Å². The Morgan fingerprint density at radius 2 is 2.58 bits per heavy atom. The van der Waals surface area contributed by atoms with Gasteiger partial charge in [-0.15, -0.1) is 0 Å². The van der Waals surface area contributed by atoms with E-state index in [1.165, 1.54) is 0 Å². The molecule has 2 aliphatic heterocycles. The summed E-state index contributed by atoms with van der Waals surface area (Å²) in [4.78, 5) is 13.1. The molecule has 64 valence electrons. The zero-order valence-corrected chi connectivity index (χ0v) is 6.69. The maximum atomic E-state index is 11.3. The molecule has 4 heteroatoms. The molecule has 0 radical (unpaired) electrons. The number of nitrogens with zero attached hydrogens (tertiary/aromatic N) is 2. The fraction of sp³-hybridized carbons (Fsp3) is 0.750. The third-order valence-corrected chi connectivity index (χ3v) is 2.45. The molecule has 2 fully saturated rings. The number of rotatable bonds is 1. The van der Waals surface area contributed by atoms with E-state index in [4.69, 9.17) is 10.00 Å². The summed E-state index contributed by atoms with van der Waals surface area (Å²) in [6, 6.07) is 2.12. The second kappa shape index (κ2) is 2.76. The number of ether oxygens (including phenoxy) is 1. The van der Waals surface area contributed by atoms with Gasteiger partial charge in [0.15, 0.2) is 0 Å². The number of amides is 1. The van der Waals surface area contributed by atoms with Gasteiger partial charge in [0, 0.05) is 6.54 Å². The smallest absolute Gasteiger partial charge is 0.237 e. The number of hydrogen-bond donors (Lipinski definition) is 0. The number of carbonyl (C=O) groups is 1. The maximum Gasteiger partial charge on any atom is 0.237 e. The van der Waals surface area contributed by atoms with Gasteiger partial charge < -0.3 is 9.64 Å². The topological polar surface area (TPSA) is 53.3 Å². The zero-order valence-electron chi connectivity index (χ0n) is 6.69. The average Bonchev–Trinajstić information content (AvgIpc) is 2.64. The first-order chi connectivity index (χ1) is 5.81. The number of likely N-dealkylation sites (tertiary alicyclic amines) is 1. The number of nitriles is 1. The van der Waals surface area contributed by atoms with Crippen LogP contribution in [0.15, 0.2) is 0 Å². The van der Waals surface area contributed by atoms with E-state index in [-0.39, 0.29) is 24.5 Å². The molecular weight excluding hydrogens is 156 g/mol. The first-order valence-electron chi connectivity index (χ1n) is 4.09. The van der Waals surface area contributed by atoms with Crippen LogP contribution in [0.2, 0.25) is 0 Å².